The van der Waals surface area contributed by atoms with E-state index in [2.05, 4.69) is 4.72 Å². The lowest BCUT2D eigenvalue weighted by Gasteiger charge is -2.09. The molecule has 4 N–H and O–H groups in total. The zero-order valence-corrected chi connectivity index (χ0v) is 15.3. The van der Waals surface area contributed by atoms with Crippen LogP contribution in [-0.2, 0) is 27.8 Å². The highest BCUT2D eigenvalue weighted by atomic mass is 35.5. The van der Waals surface area contributed by atoms with Crippen molar-refractivity contribution in [3.63, 3.8) is 0 Å². The van der Waals surface area contributed by atoms with Crippen LogP contribution >= 0.6 is 23.2 Å². The van der Waals surface area contributed by atoms with Crippen LogP contribution in [0, 0.1) is 0 Å². The third-order valence-corrected chi connectivity index (χ3v) is 5.23. The predicted octanol–water partition coefficient (Wildman–Crippen LogP) is 2.43. The van der Waals surface area contributed by atoms with Gasteiger partial charge in [-0.05, 0) is 35.7 Å². The molecule has 2 rings (SSSR count). The second-order valence-corrected chi connectivity index (χ2v) is 8.03. The van der Waals surface area contributed by atoms with Crippen LogP contribution in [0.25, 0.3) is 0 Å². The van der Waals surface area contributed by atoms with Gasteiger partial charge in [0.15, 0.2) is 0 Å². The summed E-state index contributed by atoms with van der Waals surface area (Å²) in [7, 11) is -3.76. The molecule has 25 heavy (non-hydrogen) atoms. The summed E-state index contributed by atoms with van der Waals surface area (Å²) < 4.78 is 27.0. The van der Waals surface area contributed by atoms with Gasteiger partial charge in [-0.1, -0.05) is 47.5 Å². The van der Waals surface area contributed by atoms with Crippen LogP contribution in [0.3, 0.4) is 0 Å². The van der Waals surface area contributed by atoms with Crippen LogP contribution in [-0.4, -0.2) is 25.5 Å². The van der Waals surface area contributed by atoms with Gasteiger partial charge < -0.3 is 10.8 Å². The minimum Gasteiger partial charge on any atom is -0.480 e. The van der Waals surface area contributed by atoms with Crippen molar-refractivity contribution in [2.45, 2.75) is 23.9 Å². The van der Waals surface area contributed by atoms with Crippen molar-refractivity contribution in [1.82, 2.24) is 4.72 Å². The maximum absolute atomic E-state index is 12.3. The van der Waals surface area contributed by atoms with Crippen LogP contribution in [0.2, 0.25) is 10.0 Å². The lowest BCUT2D eigenvalue weighted by atomic mass is 10.0. The fraction of sp³-hybridized carbons (Fsp3) is 0.188. The highest BCUT2D eigenvalue weighted by Crippen LogP contribution is 2.22. The molecule has 0 amide bonds. The molecule has 0 heterocycles. The van der Waals surface area contributed by atoms with Gasteiger partial charge in [0.1, 0.15) is 6.04 Å². The lowest BCUT2D eigenvalue weighted by molar-refractivity contribution is -0.138. The maximum Gasteiger partial charge on any atom is 0.320 e. The topological polar surface area (TPSA) is 109 Å². The van der Waals surface area contributed by atoms with Crippen molar-refractivity contribution in [2.24, 2.45) is 5.73 Å². The van der Waals surface area contributed by atoms with E-state index in [1.165, 1.54) is 18.2 Å². The largest absolute Gasteiger partial charge is 0.480 e. The number of nitrogens with two attached hydrogens (primary N) is 1. The van der Waals surface area contributed by atoms with E-state index in [0.717, 1.165) is 5.56 Å². The molecule has 1 unspecified atom stereocenters. The predicted molar refractivity (Wildman–Crippen MR) is 96.2 cm³/mol. The van der Waals surface area contributed by atoms with Gasteiger partial charge in [-0.3, -0.25) is 4.79 Å². The number of hydrogen-bond donors (Lipinski definition) is 3. The summed E-state index contributed by atoms with van der Waals surface area (Å²) in [6, 6.07) is 9.93. The Kier molecular flexibility index (Phi) is 6.42. The molecular formula is C16H16Cl2N2O4S. The van der Waals surface area contributed by atoms with Crippen molar-refractivity contribution in [3.8, 4) is 0 Å². The summed E-state index contributed by atoms with van der Waals surface area (Å²) in [5, 5.41) is 9.26. The Balaban J connectivity index is 2.04. The van der Waals surface area contributed by atoms with Crippen LogP contribution in [0.1, 0.15) is 11.1 Å². The van der Waals surface area contributed by atoms with Crippen LogP contribution in [0.5, 0.6) is 0 Å². The fourth-order valence-corrected chi connectivity index (χ4v) is 3.82. The summed E-state index contributed by atoms with van der Waals surface area (Å²) in [5.41, 5.74) is 6.94. The van der Waals surface area contributed by atoms with Crippen molar-refractivity contribution >= 4 is 39.2 Å². The van der Waals surface area contributed by atoms with E-state index in [1.807, 2.05) is 0 Å². The molecule has 0 aromatic heterocycles. The summed E-state index contributed by atoms with van der Waals surface area (Å²) in [5.74, 6) is -1.07. The van der Waals surface area contributed by atoms with Gasteiger partial charge in [0.25, 0.3) is 0 Å². The van der Waals surface area contributed by atoms with Gasteiger partial charge >= 0.3 is 5.97 Å². The maximum atomic E-state index is 12.3. The van der Waals surface area contributed by atoms with Gasteiger partial charge in [-0.2, -0.15) is 0 Å². The summed E-state index contributed by atoms with van der Waals surface area (Å²) in [4.78, 5) is 10.7. The van der Waals surface area contributed by atoms with Crippen LogP contribution in [0.15, 0.2) is 47.4 Å². The summed E-state index contributed by atoms with van der Waals surface area (Å²) in [6.45, 7) is 0.0672. The van der Waals surface area contributed by atoms with E-state index in [-0.39, 0.29) is 27.9 Å². The molecule has 0 aliphatic rings. The van der Waals surface area contributed by atoms with Crippen LogP contribution < -0.4 is 10.5 Å². The van der Waals surface area contributed by atoms with E-state index >= 15 is 0 Å². The van der Waals surface area contributed by atoms with Crippen molar-refractivity contribution in [3.05, 3.63) is 63.6 Å². The number of rotatable bonds is 7. The molecule has 0 aliphatic heterocycles. The molecule has 0 saturated heterocycles. The SMILES string of the molecule is NC(Cc1ccc(CNS(=O)(=O)c2cc(Cl)cc(Cl)c2)cc1)C(=O)O. The lowest BCUT2D eigenvalue weighted by Crippen LogP contribution is -2.32. The molecule has 6 nitrogen and oxygen atoms in total. The fourth-order valence-electron chi connectivity index (χ4n) is 2.08. The summed E-state index contributed by atoms with van der Waals surface area (Å²) >= 11 is 11.7. The van der Waals surface area contributed by atoms with E-state index in [4.69, 9.17) is 34.0 Å². The smallest absolute Gasteiger partial charge is 0.320 e. The second-order valence-electron chi connectivity index (χ2n) is 5.40. The van der Waals surface area contributed by atoms with Gasteiger partial charge in [0.05, 0.1) is 4.90 Å². The normalized spacial score (nSPS) is 12.8. The third kappa shape index (κ3) is 5.69. The van der Waals surface area contributed by atoms with Gasteiger partial charge in [0.2, 0.25) is 10.0 Å². The molecule has 134 valence electrons. The molecule has 2 aromatic rings. The molecule has 0 bridgehead atoms. The first kappa shape index (κ1) is 19.7. The zero-order valence-electron chi connectivity index (χ0n) is 12.9. The molecule has 2 aromatic carbocycles. The molecule has 1 atom stereocenters. The molecule has 0 aliphatic carbocycles. The van der Waals surface area contributed by atoms with Crippen molar-refractivity contribution < 1.29 is 18.3 Å². The van der Waals surface area contributed by atoms with Crippen molar-refractivity contribution in [2.75, 3.05) is 0 Å². The number of nitrogens with one attached hydrogen (secondary N) is 1. The first-order valence-corrected chi connectivity index (χ1v) is 9.43. The quantitative estimate of drug-likeness (QED) is 0.658. The first-order valence-electron chi connectivity index (χ1n) is 7.19. The number of carboxylic acid groups (broad SMARTS) is 1. The number of carbonyl (C=O) groups is 1. The Hall–Kier alpha value is -1.64. The van der Waals surface area contributed by atoms with E-state index in [1.54, 1.807) is 24.3 Å². The van der Waals surface area contributed by atoms with E-state index in [9.17, 15) is 13.2 Å². The first-order chi connectivity index (χ1) is 11.7. The standard InChI is InChI=1S/C16H16Cl2N2O4S/c17-12-6-13(18)8-14(7-12)25(23,24)20-9-11-3-1-10(2-4-11)5-15(19)16(21)22/h1-4,6-8,15,20H,5,9,19H2,(H,21,22). The highest BCUT2D eigenvalue weighted by molar-refractivity contribution is 7.89. The number of carboxylic acids is 1. The van der Waals surface area contributed by atoms with Gasteiger partial charge in [-0.25, -0.2) is 13.1 Å². The Morgan fingerprint density at radius 3 is 2.12 bits per heavy atom. The average molecular weight is 403 g/mol. The molecule has 0 saturated carbocycles. The molecule has 9 heteroatoms. The molecule has 0 fully saturated rings. The minimum atomic E-state index is -3.76. The second kappa shape index (κ2) is 8.16. The van der Waals surface area contributed by atoms with E-state index < -0.39 is 22.0 Å². The minimum absolute atomic E-state index is 0.0194. The number of sulfonamides is 1. The van der Waals surface area contributed by atoms with Gasteiger partial charge in [0, 0.05) is 16.6 Å². The Morgan fingerprint density at radius 1 is 1.08 bits per heavy atom. The number of halogens is 2. The Morgan fingerprint density at radius 2 is 1.60 bits per heavy atom. The van der Waals surface area contributed by atoms with Crippen molar-refractivity contribution in [1.29, 1.82) is 0 Å². The Bertz CT molecular complexity index is 850. The number of aliphatic carboxylic acids is 1. The zero-order chi connectivity index (χ0) is 18.6. The number of benzene rings is 2. The highest BCUT2D eigenvalue weighted by Gasteiger charge is 2.16. The van der Waals surface area contributed by atoms with Gasteiger partial charge in [-0.15, -0.1) is 0 Å². The van der Waals surface area contributed by atoms with E-state index in [0.29, 0.717) is 5.56 Å². The Labute approximate surface area is 155 Å². The monoisotopic (exact) mass is 402 g/mol. The molecular weight excluding hydrogens is 387 g/mol. The average Bonchev–Trinajstić information content (AvgIpc) is 2.53. The summed E-state index contributed by atoms with van der Waals surface area (Å²) in [6.07, 6.45) is 0.197. The molecule has 0 spiro atoms. The number of hydrogen-bond acceptors (Lipinski definition) is 4. The third-order valence-electron chi connectivity index (χ3n) is 3.41. The molecule has 0 radical (unpaired) electrons. The van der Waals surface area contributed by atoms with Crippen LogP contribution in [0.4, 0.5) is 0 Å².